The van der Waals surface area contributed by atoms with Gasteiger partial charge >= 0.3 is 6.03 Å². The number of urea groups is 1. The molecule has 0 spiro atoms. The molecule has 1 aromatic rings. The van der Waals surface area contributed by atoms with Gasteiger partial charge in [-0.3, -0.25) is 0 Å². The fraction of sp³-hybridized carbons (Fsp3) is 0.562. The number of benzene rings is 1. The monoisotopic (exact) mass is 292 g/mol. The summed E-state index contributed by atoms with van der Waals surface area (Å²) in [5.41, 5.74) is 1.72. The van der Waals surface area contributed by atoms with E-state index < -0.39 is 0 Å². The number of methoxy groups -OCH3 is 1. The number of amides is 2. The third kappa shape index (κ3) is 4.11. The Bertz CT molecular complexity index is 490. The van der Waals surface area contributed by atoms with Gasteiger partial charge in [0.05, 0.1) is 7.11 Å². The first-order valence-electron chi connectivity index (χ1n) is 7.47. The molecule has 1 aromatic carbocycles. The van der Waals surface area contributed by atoms with Crippen LogP contribution in [0, 0.1) is 12.8 Å². The van der Waals surface area contributed by atoms with Gasteiger partial charge < -0.3 is 20.5 Å². The molecule has 3 N–H and O–H groups in total. The van der Waals surface area contributed by atoms with Crippen LogP contribution < -0.4 is 15.4 Å². The standard InChI is InChI=1S/C16H24N2O3/c1-11-7-8-13(21-2)9-15(11)18-16(20)17-14-6-4-3-5-12(14)10-19/h7-9,12,14,19H,3-6,10H2,1-2H3,(H2,17,18,20). The van der Waals surface area contributed by atoms with Crippen molar-refractivity contribution in [3.8, 4) is 5.75 Å². The number of nitrogens with one attached hydrogen (secondary N) is 2. The van der Waals surface area contributed by atoms with E-state index in [0.717, 1.165) is 36.9 Å². The molecule has 2 atom stereocenters. The van der Waals surface area contributed by atoms with Gasteiger partial charge in [0.1, 0.15) is 5.75 Å². The maximum atomic E-state index is 12.1. The van der Waals surface area contributed by atoms with Crippen LogP contribution in [0.15, 0.2) is 18.2 Å². The molecule has 0 heterocycles. The zero-order valence-electron chi connectivity index (χ0n) is 12.7. The highest BCUT2D eigenvalue weighted by molar-refractivity contribution is 5.90. The molecule has 0 saturated heterocycles. The number of aliphatic hydroxyl groups excluding tert-OH is 1. The van der Waals surface area contributed by atoms with Crippen LogP contribution >= 0.6 is 0 Å². The molecule has 116 valence electrons. The molecule has 1 aliphatic rings. The second-order valence-corrected chi connectivity index (χ2v) is 5.61. The topological polar surface area (TPSA) is 70.6 Å². The summed E-state index contributed by atoms with van der Waals surface area (Å²) in [5, 5.41) is 15.2. The van der Waals surface area contributed by atoms with Crippen molar-refractivity contribution in [2.75, 3.05) is 19.0 Å². The van der Waals surface area contributed by atoms with E-state index in [2.05, 4.69) is 10.6 Å². The molecule has 0 radical (unpaired) electrons. The molecular formula is C16H24N2O3. The predicted octanol–water partition coefficient (Wildman–Crippen LogP) is 2.68. The van der Waals surface area contributed by atoms with Crippen molar-refractivity contribution in [2.45, 2.75) is 38.6 Å². The summed E-state index contributed by atoms with van der Waals surface area (Å²) in [6, 6.07) is 5.40. The van der Waals surface area contributed by atoms with Crippen molar-refractivity contribution in [1.29, 1.82) is 0 Å². The molecular weight excluding hydrogens is 268 g/mol. The predicted molar refractivity (Wildman–Crippen MR) is 82.7 cm³/mol. The summed E-state index contributed by atoms with van der Waals surface area (Å²) in [6.07, 6.45) is 4.12. The summed E-state index contributed by atoms with van der Waals surface area (Å²) in [6.45, 7) is 2.06. The van der Waals surface area contributed by atoms with Crippen LogP contribution in [0.5, 0.6) is 5.75 Å². The van der Waals surface area contributed by atoms with Gasteiger partial charge in [0.15, 0.2) is 0 Å². The van der Waals surface area contributed by atoms with Crippen molar-refractivity contribution in [3.05, 3.63) is 23.8 Å². The van der Waals surface area contributed by atoms with Gasteiger partial charge in [-0.25, -0.2) is 4.79 Å². The van der Waals surface area contributed by atoms with Crippen molar-refractivity contribution >= 4 is 11.7 Å². The zero-order chi connectivity index (χ0) is 15.2. The Hall–Kier alpha value is -1.75. The Morgan fingerprint density at radius 1 is 1.38 bits per heavy atom. The molecule has 1 fully saturated rings. The molecule has 2 unspecified atom stereocenters. The fourth-order valence-corrected chi connectivity index (χ4v) is 2.81. The summed E-state index contributed by atoms with van der Waals surface area (Å²) in [5.74, 6) is 0.873. The number of anilines is 1. The van der Waals surface area contributed by atoms with Crippen LogP contribution in [0.25, 0.3) is 0 Å². The third-order valence-corrected chi connectivity index (χ3v) is 4.15. The molecule has 0 bridgehead atoms. The van der Waals surface area contributed by atoms with E-state index in [-0.39, 0.29) is 24.6 Å². The highest BCUT2D eigenvalue weighted by Crippen LogP contribution is 2.25. The van der Waals surface area contributed by atoms with Crippen LogP contribution in [-0.2, 0) is 0 Å². The Kier molecular flexibility index (Phi) is 5.44. The van der Waals surface area contributed by atoms with Gasteiger partial charge in [-0.1, -0.05) is 18.9 Å². The normalized spacial score (nSPS) is 21.7. The Balaban J connectivity index is 1.98. The third-order valence-electron chi connectivity index (χ3n) is 4.15. The average molecular weight is 292 g/mol. The van der Waals surface area contributed by atoms with Crippen molar-refractivity contribution in [2.24, 2.45) is 5.92 Å². The highest BCUT2D eigenvalue weighted by atomic mass is 16.5. The van der Waals surface area contributed by atoms with Gasteiger partial charge in [0.25, 0.3) is 0 Å². The molecule has 1 aliphatic carbocycles. The minimum absolute atomic E-state index is 0.0506. The fourth-order valence-electron chi connectivity index (χ4n) is 2.81. The van der Waals surface area contributed by atoms with E-state index in [1.54, 1.807) is 13.2 Å². The lowest BCUT2D eigenvalue weighted by molar-refractivity contribution is 0.156. The Morgan fingerprint density at radius 2 is 2.14 bits per heavy atom. The summed E-state index contributed by atoms with van der Waals surface area (Å²) < 4.78 is 5.17. The minimum atomic E-state index is -0.225. The lowest BCUT2D eigenvalue weighted by Gasteiger charge is -2.30. The first-order chi connectivity index (χ1) is 10.1. The van der Waals surface area contributed by atoms with Crippen LogP contribution in [0.2, 0.25) is 0 Å². The second-order valence-electron chi connectivity index (χ2n) is 5.61. The Morgan fingerprint density at radius 3 is 2.86 bits per heavy atom. The lowest BCUT2D eigenvalue weighted by Crippen LogP contribution is -2.45. The number of ether oxygens (including phenoxy) is 1. The highest BCUT2D eigenvalue weighted by Gasteiger charge is 2.25. The minimum Gasteiger partial charge on any atom is -0.497 e. The van der Waals surface area contributed by atoms with Crippen LogP contribution in [0.4, 0.5) is 10.5 Å². The maximum Gasteiger partial charge on any atom is 0.319 e. The van der Waals surface area contributed by atoms with Crippen LogP contribution in [-0.4, -0.2) is 30.9 Å². The van der Waals surface area contributed by atoms with E-state index in [0.29, 0.717) is 5.75 Å². The number of carbonyl (C=O) groups is 1. The number of aliphatic hydroxyl groups is 1. The summed E-state index contributed by atoms with van der Waals surface area (Å²) in [4.78, 5) is 12.1. The van der Waals surface area contributed by atoms with Gasteiger partial charge in [-0.05, 0) is 31.4 Å². The molecule has 0 aliphatic heterocycles. The van der Waals surface area contributed by atoms with Crippen molar-refractivity contribution in [3.63, 3.8) is 0 Å². The maximum absolute atomic E-state index is 12.1. The largest absolute Gasteiger partial charge is 0.497 e. The van der Waals surface area contributed by atoms with E-state index in [1.807, 2.05) is 19.1 Å². The SMILES string of the molecule is COc1ccc(C)c(NC(=O)NC2CCCCC2CO)c1. The molecule has 1 saturated carbocycles. The number of hydrogen-bond acceptors (Lipinski definition) is 3. The molecule has 21 heavy (non-hydrogen) atoms. The average Bonchev–Trinajstić information content (AvgIpc) is 2.50. The molecule has 5 heteroatoms. The number of carbonyl (C=O) groups excluding carboxylic acids is 1. The van der Waals surface area contributed by atoms with Gasteiger partial charge in [0.2, 0.25) is 0 Å². The number of rotatable bonds is 4. The van der Waals surface area contributed by atoms with E-state index in [4.69, 9.17) is 4.74 Å². The summed E-state index contributed by atoms with van der Waals surface area (Å²) >= 11 is 0. The smallest absolute Gasteiger partial charge is 0.319 e. The molecule has 2 rings (SSSR count). The molecule has 5 nitrogen and oxygen atoms in total. The van der Waals surface area contributed by atoms with Gasteiger partial charge in [-0.15, -0.1) is 0 Å². The first-order valence-corrected chi connectivity index (χ1v) is 7.47. The van der Waals surface area contributed by atoms with Crippen molar-refractivity contribution in [1.82, 2.24) is 5.32 Å². The van der Waals surface area contributed by atoms with E-state index in [9.17, 15) is 9.90 Å². The second kappa shape index (κ2) is 7.31. The van der Waals surface area contributed by atoms with Crippen LogP contribution in [0.3, 0.4) is 0 Å². The van der Waals surface area contributed by atoms with E-state index >= 15 is 0 Å². The Labute approximate surface area is 125 Å². The van der Waals surface area contributed by atoms with Gasteiger partial charge in [0, 0.05) is 30.3 Å². The quantitative estimate of drug-likeness (QED) is 0.799. The zero-order valence-corrected chi connectivity index (χ0v) is 12.7. The number of hydrogen-bond donors (Lipinski definition) is 3. The van der Waals surface area contributed by atoms with Crippen molar-refractivity contribution < 1.29 is 14.6 Å². The molecule has 0 aromatic heterocycles. The summed E-state index contributed by atoms with van der Waals surface area (Å²) in [7, 11) is 1.60. The molecule has 2 amide bonds. The van der Waals surface area contributed by atoms with Gasteiger partial charge in [-0.2, -0.15) is 0 Å². The first kappa shape index (κ1) is 15.6. The van der Waals surface area contributed by atoms with Crippen LogP contribution in [0.1, 0.15) is 31.2 Å². The number of aryl methyl sites for hydroxylation is 1. The van der Waals surface area contributed by atoms with E-state index in [1.165, 1.54) is 0 Å². The lowest BCUT2D eigenvalue weighted by atomic mass is 9.85.